The Bertz CT molecular complexity index is 296. The molecule has 0 unspecified atom stereocenters. The topological polar surface area (TPSA) is 29.5 Å². The first-order valence-corrected chi connectivity index (χ1v) is 5.43. The van der Waals surface area contributed by atoms with Crippen molar-refractivity contribution < 1.29 is 18.6 Å². The lowest BCUT2D eigenvalue weighted by atomic mass is 10.2. The van der Waals surface area contributed by atoms with E-state index in [0.29, 0.717) is 6.61 Å². The molecule has 4 heteroatoms. The van der Waals surface area contributed by atoms with E-state index < -0.39 is 11.6 Å². The van der Waals surface area contributed by atoms with Crippen molar-refractivity contribution in [1.82, 2.24) is 0 Å². The van der Waals surface area contributed by atoms with E-state index in [-0.39, 0.29) is 12.4 Å². The van der Waals surface area contributed by atoms with Crippen LogP contribution in [-0.2, 0) is 0 Å². The van der Waals surface area contributed by atoms with Crippen LogP contribution >= 0.6 is 0 Å². The lowest BCUT2D eigenvalue weighted by molar-refractivity contribution is 0.263. The van der Waals surface area contributed by atoms with Gasteiger partial charge in [-0.25, -0.2) is 8.78 Å². The number of hydrogen-bond acceptors (Lipinski definition) is 2. The molecule has 0 aromatic heterocycles. The molecule has 1 aromatic carbocycles. The Labute approximate surface area is 93.9 Å². The zero-order valence-corrected chi connectivity index (χ0v) is 9.09. The van der Waals surface area contributed by atoms with Crippen LogP contribution in [0, 0.1) is 11.6 Å². The van der Waals surface area contributed by atoms with Crippen molar-refractivity contribution in [3.05, 3.63) is 29.8 Å². The van der Waals surface area contributed by atoms with Crippen LogP contribution < -0.4 is 4.74 Å². The van der Waals surface area contributed by atoms with Crippen molar-refractivity contribution in [1.29, 1.82) is 0 Å². The third-order valence-corrected chi connectivity index (χ3v) is 2.22. The van der Waals surface area contributed by atoms with Gasteiger partial charge in [0.25, 0.3) is 0 Å². The maximum atomic E-state index is 13.1. The minimum absolute atomic E-state index is 0.183. The number of hydrogen-bond donors (Lipinski definition) is 1. The summed E-state index contributed by atoms with van der Waals surface area (Å²) < 4.78 is 31.2. The van der Waals surface area contributed by atoms with Gasteiger partial charge in [-0.15, -0.1) is 0 Å². The molecule has 0 heterocycles. The van der Waals surface area contributed by atoms with E-state index in [9.17, 15) is 8.78 Å². The summed E-state index contributed by atoms with van der Waals surface area (Å²) in [5.74, 6) is -1.64. The minimum atomic E-state index is -0.671. The van der Waals surface area contributed by atoms with Crippen molar-refractivity contribution in [2.24, 2.45) is 0 Å². The molecule has 0 aliphatic rings. The fourth-order valence-electron chi connectivity index (χ4n) is 1.36. The summed E-state index contributed by atoms with van der Waals surface area (Å²) in [5.41, 5.74) is 0. The Kier molecular flexibility index (Phi) is 5.78. The summed E-state index contributed by atoms with van der Waals surface area (Å²) >= 11 is 0. The van der Waals surface area contributed by atoms with Gasteiger partial charge in [-0.05, 0) is 31.4 Å². The lowest BCUT2D eigenvalue weighted by Crippen LogP contribution is -2.01. The van der Waals surface area contributed by atoms with Gasteiger partial charge in [0, 0.05) is 6.61 Å². The van der Waals surface area contributed by atoms with Crippen LogP contribution in [0.5, 0.6) is 5.75 Å². The highest BCUT2D eigenvalue weighted by Crippen LogP contribution is 2.21. The molecule has 0 fully saturated rings. The Balaban J connectivity index is 2.26. The quantitative estimate of drug-likeness (QED) is 0.730. The lowest BCUT2D eigenvalue weighted by Gasteiger charge is -2.07. The smallest absolute Gasteiger partial charge is 0.190 e. The van der Waals surface area contributed by atoms with Crippen LogP contribution in [0.15, 0.2) is 18.2 Å². The molecule has 0 atom stereocenters. The second-order valence-electron chi connectivity index (χ2n) is 3.54. The highest BCUT2D eigenvalue weighted by atomic mass is 19.1. The van der Waals surface area contributed by atoms with Crippen LogP contribution in [0.25, 0.3) is 0 Å². The van der Waals surface area contributed by atoms with Gasteiger partial charge in [0.05, 0.1) is 6.61 Å². The van der Waals surface area contributed by atoms with Crippen LogP contribution in [-0.4, -0.2) is 18.3 Å². The highest BCUT2D eigenvalue weighted by molar-refractivity contribution is 5.25. The first kappa shape index (κ1) is 12.9. The van der Waals surface area contributed by atoms with Gasteiger partial charge < -0.3 is 9.84 Å². The average molecular weight is 230 g/mol. The van der Waals surface area contributed by atoms with Gasteiger partial charge in [-0.1, -0.05) is 12.5 Å². The van der Waals surface area contributed by atoms with E-state index in [2.05, 4.69) is 0 Å². The molecular formula is C12H16F2O2. The van der Waals surface area contributed by atoms with Gasteiger partial charge in [-0.2, -0.15) is 0 Å². The molecular weight excluding hydrogens is 214 g/mol. The number of benzene rings is 1. The van der Waals surface area contributed by atoms with E-state index in [1.165, 1.54) is 18.2 Å². The predicted molar refractivity (Wildman–Crippen MR) is 57.4 cm³/mol. The van der Waals surface area contributed by atoms with E-state index in [4.69, 9.17) is 9.84 Å². The number of rotatable bonds is 7. The third-order valence-electron chi connectivity index (χ3n) is 2.22. The van der Waals surface area contributed by atoms with Crippen molar-refractivity contribution in [2.75, 3.05) is 13.2 Å². The zero-order chi connectivity index (χ0) is 11.8. The number of aliphatic hydroxyl groups is 1. The minimum Gasteiger partial charge on any atom is -0.488 e. The maximum Gasteiger partial charge on any atom is 0.190 e. The van der Waals surface area contributed by atoms with Gasteiger partial charge in [0.1, 0.15) is 0 Å². The molecule has 0 saturated heterocycles. The highest BCUT2D eigenvalue weighted by Gasteiger charge is 2.08. The number of aliphatic hydroxyl groups excluding tert-OH is 1. The summed E-state index contributed by atoms with van der Waals surface area (Å²) in [6, 6.07) is 3.65. The number of para-hydroxylation sites is 1. The fourth-order valence-corrected chi connectivity index (χ4v) is 1.36. The van der Waals surface area contributed by atoms with Crippen molar-refractivity contribution in [3.63, 3.8) is 0 Å². The van der Waals surface area contributed by atoms with Crippen molar-refractivity contribution >= 4 is 0 Å². The number of halogens is 2. The third kappa shape index (κ3) is 4.14. The van der Waals surface area contributed by atoms with Gasteiger partial charge in [0.2, 0.25) is 0 Å². The maximum absolute atomic E-state index is 13.1. The molecule has 0 aliphatic heterocycles. The summed E-state index contributed by atoms with van der Waals surface area (Å²) in [7, 11) is 0. The van der Waals surface area contributed by atoms with E-state index >= 15 is 0 Å². The van der Waals surface area contributed by atoms with E-state index in [1.54, 1.807) is 0 Å². The van der Waals surface area contributed by atoms with Crippen LogP contribution in [0.4, 0.5) is 8.78 Å². The number of unbranched alkanes of at least 4 members (excludes halogenated alkanes) is 3. The van der Waals surface area contributed by atoms with E-state index in [1.807, 2.05) is 0 Å². The Morgan fingerprint density at radius 2 is 1.62 bits per heavy atom. The Morgan fingerprint density at radius 3 is 2.25 bits per heavy atom. The van der Waals surface area contributed by atoms with Gasteiger partial charge in [0.15, 0.2) is 17.4 Å². The molecule has 0 saturated carbocycles. The largest absolute Gasteiger partial charge is 0.488 e. The number of ether oxygens (including phenoxy) is 1. The Hall–Kier alpha value is -1.16. The predicted octanol–water partition coefficient (Wildman–Crippen LogP) is 2.90. The first-order valence-electron chi connectivity index (χ1n) is 5.43. The molecule has 0 radical (unpaired) electrons. The first-order chi connectivity index (χ1) is 7.75. The molecule has 2 nitrogen and oxygen atoms in total. The summed E-state index contributed by atoms with van der Waals surface area (Å²) in [5, 5.41) is 8.54. The molecule has 1 N–H and O–H groups in total. The zero-order valence-electron chi connectivity index (χ0n) is 9.09. The van der Waals surface area contributed by atoms with Gasteiger partial charge >= 0.3 is 0 Å². The molecule has 0 spiro atoms. The monoisotopic (exact) mass is 230 g/mol. The van der Waals surface area contributed by atoms with Crippen LogP contribution in [0.1, 0.15) is 25.7 Å². The SMILES string of the molecule is OCCCCCCOc1c(F)cccc1F. The molecule has 1 aromatic rings. The fraction of sp³-hybridized carbons (Fsp3) is 0.500. The van der Waals surface area contributed by atoms with Crippen molar-refractivity contribution in [3.8, 4) is 5.75 Å². The normalized spacial score (nSPS) is 10.4. The summed E-state index contributed by atoms with van der Waals surface area (Å²) in [6.45, 7) is 0.478. The van der Waals surface area contributed by atoms with Gasteiger partial charge in [-0.3, -0.25) is 0 Å². The van der Waals surface area contributed by atoms with E-state index in [0.717, 1.165) is 25.7 Å². The molecule has 90 valence electrons. The molecule has 0 aliphatic carbocycles. The standard InChI is InChI=1S/C12H16F2O2/c13-10-6-5-7-11(14)12(10)16-9-4-2-1-3-8-15/h5-7,15H,1-4,8-9H2. The molecule has 16 heavy (non-hydrogen) atoms. The molecule has 0 bridgehead atoms. The van der Waals surface area contributed by atoms with Crippen molar-refractivity contribution in [2.45, 2.75) is 25.7 Å². The summed E-state index contributed by atoms with van der Waals surface area (Å²) in [6.07, 6.45) is 3.28. The van der Waals surface area contributed by atoms with Crippen LogP contribution in [0.3, 0.4) is 0 Å². The summed E-state index contributed by atoms with van der Waals surface area (Å²) in [4.78, 5) is 0. The van der Waals surface area contributed by atoms with Crippen LogP contribution in [0.2, 0.25) is 0 Å². The second kappa shape index (κ2) is 7.17. The molecule has 0 amide bonds. The Morgan fingerprint density at radius 1 is 1.00 bits per heavy atom. The average Bonchev–Trinajstić information content (AvgIpc) is 2.26. The molecule has 1 rings (SSSR count). The second-order valence-corrected chi connectivity index (χ2v) is 3.54.